The van der Waals surface area contributed by atoms with Crippen LogP contribution in [0.3, 0.4) is 0 Å². The second kappa shape index (κ2) is 14.3. The molecule has 2 rings (SSSR count). The lowest BCUT2D eigenvalue weighted by Gasteiger charge is -2.37. The number of halogens is 1. The third-order valence-electron chi connectivity index (χ3n) is 4.98. The van der Waals surface area contributed by atoms with Crippen LogP contribution in [0.25, 0.3) is 0 Å². The molecule has 10 heteroatoms. The number of carbonyl (C=O) groups is 2. The largest absolute Gasteiger partial charge is 0.400 e. The van der Waals surface area contributed by atoms with Crippen molar-refractivity contribution in [3.63, 3.8) is 0 Å². The van der Waals surface area contributed by atoms with Crippen LogP contribution >= 0.6 is 8.53 Å². The Hall–Kier alpha value is -0.960. The van der Waals surface area contributed by atoms with Crippen molar-refractivity contribution in [3.8, 4) is 0 Å². The fraction of sp³-hybridized carbons (Fsp3) is 0.818. The second-order valence-electron chi connectivity index (χ2n) is 8.19. The van der Waals surface area contributed by atoms with E-state index in [0.717, 1.165) is 24.2 Å². The number of allylic oxidation sites excluding steroid dienone is 1. The zero-order chi connectivity index (χ0) is 25.8. The number of aliphatic hydroxyl groups is 1. The quantitative estimate of drug-likeness (QED) is 0.272. The highest BCUT2D eigenvalue weighted by molar-refractivity contribution is 7.44. The highest BCUT2D eigenvalue weighted by Gasteiger charge is 2.50. The van der Waals surface area contributed by atoms with E-state index in [4.69, 9.17) is 16.6 Å². The van der Waals surface area contributed by atoms with Gasteiger partial charge in [-0.1, -0.05) is 19.8 Å². The minimum absolute atomic E-state index is 0.112. The molecule has 2 aliphatic heterocycles. The van der Waals surface area contributed by atoms with E-state index in [1.165, 1.54) is 19.4 Å². The van der Waals surface area contributed by atoms with Gasteiger partial charge in [-0.05, 0) is 47.1 Å². The molecular formula is C22H40FN2O6P. The van der Waals surface area contributed by atoms with Crippen molar-refractivity contribution >= 4 is 20.2 Å². The van der Waals surface area contributed by atoms with Crippen LogP contribution in [0, 0.1) is 0 Å². The Morgan fingerprint density at radius 1 is 1.41 bits per heavy atom. The van der Waals surface area contributed by atoms with Crippen molar-refractivity contribution in [1.29, 1.82) is 1.43 Å². The van der Waals surface area contributed by atoms with Gasteiger partial charge in [0, 0.05) is 26.8 Å². The van der Waals surface area contributed by atoms with E-state index in [0.29, 0.717) is 6.61 Å². The van der Waals surface area contributed by atoms with Crippen molar-refractivity contribution in [2.24, 2.45) is 0 Å². The smallest absolute Gasteiger partial charge is 0.259 e. The monoisotopic (exact) mass is 481 g/mol. The summed E-state index contributed by atoms with van der Waals surface area (Å²) in [7, 11) is -0.298. The molecule has 5 atom stereocenters. The third-order valence-corrected chi connectivity index (χ3v) is 7.11. The van der Waals surface area contributed by atoms with Gasteiger partial charge in [-0.3, -0.25) is 14.5 Å². The molecular weight excluding hydrogens is 438 g/mol. The number of rotatable bonds is 11. The van der Waals surface area contributed by atoms with E-state index in [1.54, 1.807) is 0 Å². The van der Waals surface area contributed by atoms with Crippen molar-refractivity contribution in [2.45, 2.75) is 104 Å². The molecule has 1 N–H and O–H groups in total. The lowest BCUT2D eigenvalue weighted by molar-refractivity contribution is -0.145. The number of alkyl halides is 1. The van der Waals surface area contributed by atoms with Crippen molar-refractivity contribution in [3.05, 3.63) is 12.3 Å². The summed E-state index contributed by atoms with van der Waals surface area (Å²) in [4.78, 5) is 24.8. The van der Waals surface area contributed by atoms with Gasteiger partial charge in [-0.15, -0.1) is 0 Å². The molecule has 0 aromatic carbocycles. The summed E-state index contributed by atoms with van der Waals surface area (Å²) in [6.07, 6.45) is 0.385. The van der Waals surface area contributed by atoms with Crippen molar-refractivity contribution in [1.82, 2.24) is 9.57 Å². The molecule has 0 aromatic heterocycles. The van der Waals surface area contributed by atoms with Gasteiger partial charge in [0.15, 0.2) is 18.2 Å². The Morgan fingerprint density at radius 3 is 2.59 bits per heavy atom. The first-order chi connectivity index (χ1) is 16.1. The Bertz CT molecular complexity index is 653. The Kier molecular flexibility index (Phi) is 11.5. The maximum absolute atomic E-state index is 15.5. The van der Waals surface area contributed by atoms with Crippen molar-refractivity contribution in [2.75, 3.05) is 13.7 Å². The van der Waals surface area contributed by atoms with Crippen LogP contribution in [-0.4, -0.2) is 78.2 Å². The third kappa shape index (κ3) is 7.82. The number of ketones is 1. The number of unbranched alkanes of at least 4 members (excludes halogenated alkanes) is 2. The summed E-state index contributed by atoms with van der Waals surface area (Å²) in [5.74, 6) is -0.846. The molecule has 1 fully saturated rings. The summed E-state index contributed by atoms with van der Waals surface area (Å²) < 4.78 is 49.1. The number of hydrogen-bond acceptors (Lipinski definition) is 7. The summed E-state index contributed by atoms with van der Waals surface area (Å²) in [6, 6.07) is 0.223. The van der Waals surface area contributed by atoms with Gasteiger partial charge in [0.05, 0.1) is 19.1 Å². The van der Waals surface area contributed by atoms with Gasteiger partial charge < -0.3 is 18.9 Å². The molecule has 1 saturated heterocycles. The fourth-order valence-electron chi connectivity index (χ4n) is 3.54. The van der Waals surface area contributed by atoms with E-state index in [1.807, 2.05) is 27.7 Å². The lowest BCUT2D eigenvalue weighted by Crippen LogP contribution is -2.45. The van der Waals surface area contributed by atoms with Crippen LogP contribution < -0.4 is 0 Å². The molecule has 8 nitrogen and oxygen atoms in total. The SMILES string of the molecule is [2H]CC1OC(N2C=CC(=O)CC2=O)C(F)C1OP(OCCCCC)N(C(C)C)C(C)C.[3H]OC. The standard InChI is InChI=1S/C21H36FN2O5P.CH4O/c1-7-8-9-12-27-30(24(14(2)3)15(4)5)29-20-16(6)28-21(19(20)22)23-11-10-17(25)13-18(23)26;1-2/h10-11,14-16,19-21H,7-9,12-13H2,1-6H3;2H,1H3/i6D;2T. The molecule has 0 bridgehead atoms. The second-order valence-corrected chi connectivity index (χ2v) is 9.59. The molecule has 0 saturated carbocycles. The van der Waals surface area contributed by atoms with Gasteiger partial charge in [-0.25, -0.2) is 9.06 Å². The van der Waals surface area contributed by atoms with Gasteiger partial charge in [0.1, 0.15) is 6.10 Å². The van der Waals surface area contributed by atoms with Gasteiger partial charge in [0.2, 0.25) is 7.34 Å². The number of ether oxygens (including phenoxy) is 1. The van der Waals surface area contributed by atoms with E-state index in [2.05, 4.69) is 16.7 Å². The van der Waals surface area contributed by atoms with E-state index in [-0.39, 0.29) is 31.2 Å². The lowest BCUT2D eigenvalue weighted by atomic mass is 10.1. The normalized spacial score (nSPS) is 27.6. The highest BCUT2D eigenvalue weighted by Crippen LogP contribution is 2.49. The zero-order valence-corrected chi connectivity index (χ0v) is 20.9. The Balaban J connectivity index is 0.00000182. The van der Waals surface area contributed by atoms with Gasteiger partial charge in [0.25, 0.3) is 8.53 Å². The van der Waals surface area contributed by atoms with Crippen LogP contribution in [0.1, 0.15) is 68.6 Å². The first kappa shape index (κ1) is 25.7. The molecule has 2 heterocycles. The van der Waals surface area contributed by atoms with E-state index >= 15 is 4.39 Å². The molecule has 0 radical (unpaired) electrons. The van der Waals surface area contributed by atoms with E-state index in [9.17, 15) is 9.59 Å². The van der Waals surface area contributed by atoms with Crippen molar-refractivity contribution < 1.29 is 34.2 Å². The molecule has 1 amide bonds. The first-order valence-corrected chi connectivity index (χ1v) is 12.2. The molecule has 2 aliphatic rings. The zero-order valence-electron chi connectivity index (χ0n) is 22.0. The fourth-order valence-corrected chi connectivity index (χ4v) is 5.34. The first-order valence-electron chi connectivity index (χ1n) is 12.2. The number of amides is 1. The minimum Gasteiger partial charge on any atom is -0.400 e. The molecule has 0 aromatic rings. The van der Waals surface area contributed by atoms with Crippen LogP contribution in [0.2, 0.25) is 0 Å². The maximum Gasteiger partial charge on any atom is 0.259 e. The summed E-state index contributed by atoms with van der Waals surface area (Å²) >= 11 is 0. The Morgan fingerprint density at radius 2 is 2.06 bits per heavy atom. The number of hydrogen-bond donors (Lipinski definition) is 1. The van der Waals surface area contributed by atoms with Gasteiger partial charge >= 0.3 is 0 Å². The predicted molar refractivity (Wildman–Crippen MR) is 122 cm³/mol. The van der Waals surface area contributed by atoms with Crippen LogP contribution in [-0.2, 0) is 23.4 Å². The topological polar surface area (TPSA) is 88.5 Å². The minimum atomic E-state index is -1.66. The van der Waals surface area contributed by atoms with Crippen LogP contribution in [0.5, 0.6) is 0 Å². The van der Waals surface area contributed by atoms with E-state index < -0.39 is 39.0 Å². The maximum atomic E-state index is 15.5. The highest BCUT2D eigenvalue weighted by atomic mass is 31.2. The summed E-state index contributed by atoms with van der Waals surface area (Å²) in [5.41, 5.74) is 0. The van der Waals surface area contributed by atoms with Crippen LogP contribution in [0.4, 0.5) is 4.39 Å². The molecule has 5 unspecified atom stereocenters. The van der Waals surface area contributed by atoms with Gasteiger partial charge in [-0.2, -0.15) is 0 Å². The number of nitrogens with zero attached hydrogens (tertiary/aromatic N) is 2. The predicted octanol–water partition coefficient (Wildman–Crippen LogP) is 3.93. The molecule has 0 spiro atoms. The number of carbonyl (C=O) groups excluding carboxylic acids is 2. The molecule has 186 valence electrons. The number of aliphatic hydroxyl groups excluding tert-OH is 1. The molecule has 0 aliphatic carbocycles. The summed E-state index contributed by atoms with van der Waals surface area (Å²) in [5, 5.41) is 3.50. The summed E-state index contributed by atoms with van der Waals surface area (Å²) in [6.45, 7) is 10.5. The molecule has 32 heavy (non-hydrogen) atoms. The average Bonchev–Trinajstić information content (AvgIpc) is 3.06. The average molecular weight is 482 g/mol. The van der Waals surface area contributed by atoms with Crippen LogP contribution in [0.15, 0.2) is 12.3 Å². The Labute approximate surface area is 195 Å².